The standard InChI is InChI=1S/C12H7BrF3NO2/c13-8-5-11(7-17-6-8)18-9-1-3-10(4-2-9)19-12(14,15)16/h1-7H. The minimum atomic E-state index is -4.70. The third-order valence-electron chi connectivity index (χ3n) is 1.97. The van der Waals surface area contributed by atoms with Crippen molar-refractivity contribution >= 4 is 15.9 Å². The Kier molecular flexibility index (Phi) is 3.94. The summed E-state index contributed by atoms with van der Waals surface area (Å²) in [5, 5.41) is 0. The molecule has 0 fully saturated rings. The van der Waals surface area contributed by atoms with E-state index < -0.39 is 6.36 Å². The van der Waals surface area contributed by atoms with Gasteiger partial charge >= 0.3 is 6.36 Å². The summed E-state index contributed by atoms with van der Waals surface area (Å²) in [4.78, 5) is 3.90. The molecule has 19 heavy (non-hydrogen) atoms. The molecule has 0 unspecified atom stereocenters. The Balaban J connectivity index is 2.07. The lowest BCUT2D eigenvalue weighted by Crippen LogP contribution is -2.16. The van der Waals surface area contributed by atoms with Crippen molar-refractivity contribution in [2.24, 2.45) is 0 Å². The zero-order valence-electron chi connectivity index (χ0n) is 9.32. The molecule has 0 spiro atoms. The van der Waals surface area contributed by atoms with Gasteiger partial charge in [0.15, 0.2) is 0 Å². The van der Waals surface area contributed by atoms with Gasteiger partial charge in [-0.1, -0.05) is 0 Å². The topological polar surface area (TPSA) is 31.4 Å². The second-order valence-electron chi connectivity index (χ2n) is 3.46. The molecule has 3 nitrogen and oxygen atoms in total. The molecular formula is C12H7BrF3NO2. The summed E-state index contributed by atoms with van der Waals surface area (Å²) < 4.78 is 45.8. The first-order valence-electron chi connectivity index (χ1n) is 5.06. The first-order chi connectivity index (χ1) is 8.92. The molecule has 0 bridgehead atoms. The van der Waals surface area contributed by atoms with Gasteiger partial charge in [-0.3, -0.25) is 4.98 Å². The van der Waals surface area contributed by atoms with E-state index in [1.807, 2.05) is 0 Å². The van der Waals surface area contributed by atoms with Crippen LogP contribution in [0.2, 0.25) is 0 Å². The smallest absolute Gasteiger partial charge is 0.456 e. The molecule has 0 N–H and O–H groups in total. The number of halogens is 4. The maximum absolute atomic E-state index is 12.0. The van der Waals surface area contributed by atoms with Gasteiger partial charge in [0.05, 0.1) is 6.20 Å². The van der Waals surface area contributed by atoms with E-state index in [9.17, 15) is 13.2 Å². The molecule has 0 aliphatic carbocycles. The number of rotatable bonds is 3. The number of hydrogen-bond acceptors (Lipinski definition) is 3. The highest BCUT2D eigenvalue weighted by atomic mass is 79.9. The maximum atomic E-state index is 12.0. The Bertz CT molecular complexity index is 558. The highest BCUT2D eigenvalue weighted by Gasteiger charge is 2.30. The van der Waals surface area contributed by atoms with Gasteiger partial charge in [-0.2, -0.15) is 0 Å². The molecule has 0 radical (unpaired) electrons. The summed E-state index contributed by atoms with van der Waals surface area (Å²) in [6, 6.07) is 6.79. The number of hydrogen-bond donors (Lipinski definition) is 0. The number of alkyl halides is 3. The van der Waals surface area contributed by atoms with Crippen LogP contribution >= 0.6 is 15.9 Å². The van der Waals surface area contributed by atoms with Crippen molar-refractivity contribution in [3.05, 3.63) is 47.2 Å². The summed E-state index contributed by atoms with van der Waals surface area (Å²) in [6.07, 6.45) is -1.62. The van der Waals surface area contributed by atoms with Crippen molar-refractivity contribution in [2.45, 2.75) is 6.36 Å². The summed E-state index contributed by atoms with van der Waals surface area (Å²) >= 11 is 3.23. The van der Waals surface area contributed by atoms with E-state index in [0.717, 1.165) is 4.47 Å². The number of pyridine rings is 1. The average Bonchev–Trinajstić information content (AvgIpc) is 2.30. The van der Waals surface area contributed by atoms with Crippen LogP contribution in [0.5, 0.6) is 17.2 Å². The number of aromatic nitrogens is 1. The van der Waals surface area contributed by atoms with E-state index in [4.69, 9.17) is 4.74 Å². The van der Waals surface area contributed by atoms with Crippen molar-refractivity contribution in [3.63, 3.8) is 0 Å². The van der Waals surface area contributed by atoms with Crippen LogP contribution in [0.25, 0.3) is 0 Å². The van der Waals surface area contributed by atoms with Gasteiger partial charge in [-0.25, -0.2) is 0 Å². The van der Waals surface area contributed by atoms with Crippen LogP contribution in [-0.2, 0) is 0 Å². The zero-order chi connectivity index (χ0) is 13.9. The van der Waals surface area contributed by atoms with Gasteiger partial charge in [0, 0.05) is 10.7 Å². The fraction of sp³-hybridized carbons (Fsp3) is 0.0833. The first-order valence-corrected chi connectivity index (χ1v) is 5.86. The Labute approximate surface area is 115 Å². The van der Waals surface area contributed by atoms with E-state index in [-0.39, 0.29) is 5.75 Å². The number of nitrogens with zero attached hydrogens (tertiary/aromatic N) is 1. The van der Waals surface area contributed by atoms with Crippen LogP contribution in [-0.4, -0.2) is 11.3 Å². The van der Waals surface area contributed by atoms with Gasteiger partial charge < -0.3 is 9.47 Å². The minimum absolute atomic E-state index is 0.299. The lowest BCUT2D eigenvalue weighted by molar-refractivity contribution is -0.274. The van der Waals surface area contributed by atoms with Crippen molar-refractivity contribution in [1.29, 1.82) is 0 Å². The van der Waals surface area contributed by atoms with Gasteiger partial charge in [0.25, 0.3) is 0 Å². The third kappa shape index (κ3) is 4.44. The molecule has 0 atom stereocenters. The van der Waals surface area contributed by atoms with Gasteiger partial charge in [-0.05, 0) is 46.3 Å². The normalized spacial score (nSPS) is 11.2. The SMILES string of the molecule is FC(F)(F)Oc1ccc(Oc2cncc(Br)c2)cc1. The third-order valence-corrected chi connectivity index (χ3v) is 2.41. The molecule has 0 saturated heterocycles. The van der Waals surface area contributed by atoms with Crippen molar-refractivity contribution in [2.75, 3.05) is 0 Å². The monoisotopic (exact) mass is 333 g/mol. The maximum Gasteiger partial charge on any atom is 0.573 e. The lowest BCUT2D eigenvalue weighted by atomic mass is 10.3. The summed E-state index contributed by atoms with van der Waals surface area (Å²) in [6.45, 7) is 0. The molecule has 0 aliphatic heterocycles. The summed E-state index contributed by atoms with van der Waals surface area (Å²) in [5.74, 6) is 0.556. The molecule has 100 valence electrons. The molecule has 1 aromatic heterocycles. The van der Waals surface area contributed by atoms with Crippen LogP contribution in [0, 0.1) is 0 Å². The fourth-order valence-corrected chi connectivity index (χ4v) is 1.64. The second-order valence-corrected chi connectivity index (χ2v) is 4.38. The van der Waals surface area contributed by atoms with Gasteiger partial charge in [0.1, 0.15) is 17.2 Å². The molecular weight excluding hydrogens is 327 g/mol. The van der Waals surface area contributed by atoms with E-state index in [1.54, 1.807) is 12.3 Å². The van der Waals surface area contributed by atoms with Crippen LogP contribution in [0.4, 0.5) is 13.2 Å². The molecule has 2 rings (SSSR count). The minimum Gasteiger partial charge on any atom is -0.456 e. The molecule has 0 amide bonds. The Morgan fingerprint density at radius 3 is 2.16 bits per heavy atom. The molecule has 7 heteroatoms. The second kappa shape index (κ2) is 5.48. The quantitative estimate of drug-likeness (QED) is 0.826. The molecule has 0 aliphatic rings. The highest BCUT2D eigenvalue weighted by molar-refractivity contribution is 9.10. The predicted octanol–water partition coefficient (Wildman–Crippen LogP) is 4.54. The highest BCUT2D eigenvalue weighted by Crippen LogP contribution is 2.27. The molecule has 1 heterocycles. The Morgan fingerprint density at radius 2 is 1.58 bits per heavy atom. The van der Waals surface area contributed by atoms with Gasteiger partial charge in [0.2, 0.25) is 0 Å². The lowest BCUT2D eigenvalue weighted by Gasteiger charge is -2.09. The first kappa shape index (κ1) is 13.7. The summed E-state index contributed by atoms with van der Waals surface area (Å²) in [7, 11) is 0. The fourth-order valence-electron chi connectivity index (χ4n) is 1.29. The van der Waals surface area contributed by atoms with Crippen molar-refractivity contribution < 1.29 is 22.6 Å². The largest absolute Gasteiger partial charge is 0.573 e. The van der Waals surface area contributed by atoms with Crippen molar-refractivity contribution in [3.8, 4) is 17.2 Å². The van der Waals surface area contributed by atoms with Crippen LogP contribution in [0.15, 0.2) is 47.2 Å². The molecule has 0 saturated carbocycles. The van der Waals surface area contributed by atoms with Gasteiger partial charge in [-0.15, -0.1) is 13.2 Å². The van der Waals surface area contributed by atoms with E-state index >= 15 is 0 Å². The van der Waals surface area contributed by atoms with E-state index in [1.165, 1.54) is 30.5 Å². The molecule has 1 aromatic carbocycles. The Morgan fingerprint density at radius 1 is 0.947 bits per heavy atom. The number of ether oxygens (including phenoxy) is 2. The summed E-state index contributed by atoms with van der Waals surface area (Å²) in [5.41, 5.74) is 0. The van der Waals surface area contributed by atoms with Crippen LogP contribution in [0.1, 0.15) is 0 Å². The van der Waals surface area contributed by atoms with E-state index in [2.05, 4.69) is 25.7 Å². The average molecular weight is 334 g/mol. The predicted molar refractivity (Wildman–Crippen MR) is 65.1 cm³/mol. The van der Waals surface area contributed by atoms with Crippen molar-refractivity contribution in [1.82, 2.24) is 4.98 Å². The van der Waals surface area contributed by atoms with E-state index in [0.29, 0.717) is 11.5 Å². The Hall–Kier alpha value is -1.76. The molecule has 2 aromatic rings. The van der Waals surface area contributed by atoms with Crippen LogP contribution < -0.4 is 9.47 Å². The number of benzene rings is 1. The van der Waals surface area contributed by atoms with Crippen LogP contribution in [0.3, 0.4) is 0 Å². The zero-order valence-corrected chi connectivity index (χ0v) is 10.9.